The summed E-state index contributed by atoms with van der Waals surface area (Å²) in [6.45, 7) is 12.2. The predicted molar refractivity (Wildman–Crippen MR) is 333 cm³/mol. The molecule has 2 saturated carbocycles. The summed E-state index contributed by atoms with van der Waals surface area (Å²) in [5.74, 6) is 1.24. The number of benzene rings is 6. The van der Waals surface area contributed by atoms with Crippen LogP contribution in [-0.4, -0.2) is 69.3 Å². The van der Waals surface area contributed by atoms with Crippen molar-refractivity contribution in [3.8, 4) is 11.5 Å². The number of hydrogen-bond acceptors (Lipinski definition) is 11. The van der Waals surface area contributed by atoms with Gasteiger partial charge in [-0.2, -0.15) is 8.42 Å². The largest absolute Gasteiger partial charge is 0.493 e. The van der Waals surface area contributed by atoms with Gasteiger partial charge >= 0.3 is 5.97 Å². The molecule has 6 aromatic rings. The van der Waals surface area contributed by atoms with Crippen molar-refractivity contribution < 1.29 is 46.4 Å². The summed E-state index contributed by atoms with van der Waals surface area (Å²) in [4.78, 5) is 54.7. The summed E-state index contributed by atoms with van der Waals surface area (Å²) in [6.07, 6.45) is 11.5. The van der Waals surface area contributed by atoms with E-state index in [9.17, 15) is 27.6 Å². The molecule has 2 aliphatic rings. The fraction of sp³-hybridized carbons (Fsp3) is 0.403. The maximum atomic E-state index is 14.3. The minimum atomic E-state index is -4.22. The second kappa shape index (κ2) is 28.8. The third-order valence-corrected chi connectivity index (χ3v) is 19.1. The normalized spacial score (nSPS) is 16.7. The average molecular weight is 1180 g/mol. The first-order valence-electron chi connectivity index (χ1n) is 28.8. The molecule has 0 heterocycles. The number of carbonyl (C=O) groups excluding carboxylic acids is 4. The number of esters is 1. The Hall–Kier alpha value is -6.59. The Bertz CT molecular complexity index is 3210. The lowest BCUT2D eigenvalue weighted by Gasteiger charge is -2.35. The first kappa shape index (κ1) is 62.5. The van der Waals surface area contributed by atoms with Gasteiger partial charge in [0.1, 0.15) is 22.0 Å². The molecular weight excluding hydrogens is 1100 g/mol. The minimum absolute atomic E-state index is 0.0332. The molecule has 2 unspecified atom stereocenters. The summed E-state index contributed by atoms with van der Waals surface area (Å²) < 4.78 is 48.7. The zero-order chi connectivity index (χ0) is 59.2. The van der Waals surface area contributed by atoms with Crippen LogP contribution in [-0.2, 0) is 35.3 Å². The summed E-state index contributed by atoms with van der Waals surface area (Å²) in [5, 5.41) is 7.57. The van der Waals surface area contributed by atoms with Gasteiger partial charge in [-0.25, -0.2) is 4.79 Å². The van der Waals surface area contributed by atoms with E-state index >= 15 is 0 Å². The van der Waals surface area contributed by atoms with Crippen molar-refractivity contribution >= 4 is 68.7 Å². The Morgan fingerprint density at radius 3 is 1.43 bits per heavy atom. The van der Waals surface area contributed by atoms with Crippen molar-refractivity contribution in [1.82, 2.24) is 5.32 Å². The second-order valence-electron chi connectivity index (χ2n) is 23.7. The number of thioether (sulfide) groups is 2. The summed E-state index contributed by atoms with van der Waals surface area (Å²) in [5.41, 5.74) is 6.00. The fourth-order valence-electron chi connectivity index (χ4n) is 10.9. The second-order valence-corrected chi connectivity index (χ2v) is 27.6. The lowest BCUT2D eigenvalue weighted by atomic mass is 9.71. The Morgan fingerprint density at radius 2 is 0.988 bits per heavy atom. The molecule has 4 N–H and O–H groups in total. The van der Waals surface area contributed by atoms with Gasteiger partial charge in [0, 0.05) is 33.3 Å². The maximum absolute atomic E-state index is 14.3. The highest BCUT2D eigenvalue weighted by molar-refractivity contribution is 8.00. The van der Waals surface area contributed by atoms with Crippen LogP contribution in [0.5, 0.6) is 11.5 Å². The van der Waals surface area contributed by atoms with E-state index in [0.717, 1.165) is 64.5 Å². The number of amides is 3. The number of hydrogen-bond donors (Lipinski definition) is 4. The van der Waals surface area contributed by atoms with Crippen LogP contribution in [0.4, 0.5) is 11.4 Å². The number of rotatable bonds is 24. The van der Waals surface area contributed by atoms with Crippen LogP contribution in [0, 0.1) is 17.8 Å². The predicted octanol–water partition coefficient (Wildman–Crippen LogP) is 14.8. The number of nitrogens with one attached hydrogen (secondary N) is 3. The molecule has 0 saturated heterocycles. The molecule has 6 aromatic carbocycles. The molecule has 2 aliphatic carbocycles. The van der Waals surface area contributed by atoms with Crippen LogP contribution in [0.2, 0.25) is 0 Å². The first-order chi connectivity index (χ1) is 39.7. The van der Waals surface area contributed by atoms with Crippen molar-refractivity contribution in [3.05, 3.63) is 179 Å². The van der Waals surface area contributed by atoms with Crippen molar-refractivity contribution in [1.29, 1.82) is 0 Å². The number of ether oxygens (including phenoxy) is 3. The molecule has 0 aliphatic heterocycles. The van der Waals surface area contributed by atoms with E-state index in [-0.39, 0.29) is 29.2 Å². The van der Waals surface area contributed by atoms with E-state index in [2.05, 4.69) is 74.8 Å². The van der Waals surface area contributed by atoms with Gasteiger partial charge in [-0.1, -0.05) is 115 Å². The topological polar surface area (TPSA) is 186 Å². The Balaban J connectivity index is 0.845. The van der Waals surface area contributed by atoms with Gasteiger partial charge in [-0.05, 0) is 180 Å². The maximum Gasteiger partial charge on any atom is 0.337 e. The van der Waals surface area contributed by atoms with E-state index < -0.39 is 38.2 Å². The van der Waals surface area contributed by atoms with E-state index in [1.54, 1.807) is 36.4 Å². The number of carbonyl (C=O) groups is 4. The highest BCUT2D eigenvalue weighted by Gasteiger charge is 2.31. The van der Waals surface area contributed by atoms with E-state index in [1.165, 1.54) is 73.9 Å². The number of methoxy groups -OCH3 is 1. The third kappa shape index (κ3) is 18.7. The molecule has 83 heavy (non-hydrogen) atoms. The van der Waals surface area contributed by atoms with Gasteiger partial charge in [0.25, 0.3) is 16.0 Å². The van der Waals surface area contributed by atoms with Crippen molar-refractivity contribution in [2.75, 3.05) is 43.3 Å². The molecule has 0 aromatic heterocycles. The number of anilines is 2. The zero-order valence-corrected chi connectivity index (χ0v) is 50.9. The molecular formula is C67H79N3O10S3. The fourth-order valence-corrected chi connectivity index (χ4v) is 13.3. The van der Waals surface area contributed by atoms with Crippen LogP contribution in [0.1, 0.15) is 152 Å². The molecule has 16 heteroatoms. The van der Waals surface area contributed by atoms with Gasteiger partial charge in [0.15, 0.2) is 0 Å². The van der Waals surface area contributed by atoms with Gasteiger partial charge in [-0.15, -0.1) is 23.5 Å². The minimum Gasteiger partial charge on any atom is -0.493 e. The molecule has 2 atom stereocenters. The molecule has 0 bridgehead atoms. The lowest BCUT2D eigenvalue weighted by Crippen LogP contribution is -2.28. The SMILES string of the molecule is COC(=O)c1ccc(SC(C(=O)Nc2ccc(OCC3CCC(CC(C)(C)c4ccc(C(Sc5ccc(C(=O)NCCS(=O)(=O)O)cc5)C(=O)Nc5ccc(OCC6CCCCC6)cc5)cc4)CC3)cc2)c2ccc(C(C)(C)C)cc2)cc1. The summed E-state index contributed by atoms with van der Waals surface area (Å²) in [6, 6.07) is 45.5. The van der Waals surface area contributed by atoms with E-state index in [4.69, 9.17) is 18.8 Å². The van der Waals surface area contributed by atoms with Crippen molar-refractivity contribution in [2.24, 2.45) is 17.8 Å². The molecule has 3 amide bonds. The van der Waals surface area contributed by atoms with Crippen molar-refractivity contribution in [3.63, 3.8) is 0 Å². The molecule has 0 spiro atoms. The van der Waals surface area contributed by atoms with Crippen LogP contribution in [0.3, 0.4) is 0 Å². The van der Waals surface area contributed by atoms with Crippen LogP contribution >= 0.6 is 23.5 Å². The highest BCUT2D eigenvalue weighted by atomic mass is 32.2. The average Bonchev–Trinajstić information content (AvgIpc) is 3.56. The van der Waals surface area contributed by atoms with Crippen molar-refractivity contribution in [2.45, 2.75) is 130 Å². The molecule has 2 fully saturated rings. The van der Waals surface area contributed by atoms with E-state index in [1.807, 2.05) is 84.9 Å². The van der Waals surface area contributed by atoms with E-state index in [0.29, 0.717) is 53.5 Å². The smallest absolute Gasteiger partial charge is 0.337 e. The quantitative estimate of drug-likeness (QED) is 0.0256. The van der Waals surface area contributed by atoms with Crippen LogP contribution in [0.15, 0.2) is 155 Å². The third-order valence-electron chi connectivity index (χ3n) is 15.8. The monoisotopic (exact) mass is 1180 g/mol. The summed E-state index contributed by atoms with van der Waals surface area (Å²) >= 11 is 2.79. The Labute approximate surface area is 499 Å². The Kier molecular flexibility index (Phi) is 21.7. The molecule has 0 radical (unpaired) electrons. The standard InChI is InChI=1S/C67H79N3O10S3/c1-66(2,3)52-24-16-48(17-25-52)60(82-59-38-22-51(23-39-59)65(74)78-6)63(72)69-55-30-34-57(35-31-55)80-44-47-14-12-45(13-15-47)42-67(4,5)53-26-18-49(19-27-53)61(81-58-36-20-50(21-37-58)62(71)68-40-41-83(75,76)77)64(73)70-54-28-32-56(33-29-54)79-43-46-10-8-7-9-11-46/h16-39,45-47,60-61H,7-15,40-44H2,1-6H3,(H,68,71)(H,69,72)(H,70,73)(H,75,76,77). The first-order valence-corrected chi connectivity index (χ1v) is 32.2. The van der Waals surface area contributed by atoms with Gasteiger partial charge < -0.3 is 30.2 Å². The van der Waals surface area contributed by atoms with Gasteiger partial charge in [0.2, 0.25) is 11.8 Å². The Morgan fingerprint density at radius 1 is 0.554 bits per heavy atom. The molecule has 8 rings (SSSR count). The van der Waals surface area contributed by atoms with Gasteiger partial charge in [-0.3, -0.25) is 18.9 Å². The van der Waals surface area contributed by atoms with Crippen LogP contribution in [0.25, 0.3) is 0 Å². The summed E-state index contributed by atoms with van der Waals surface area (Å²) in [7, 11) is -2.86. The molecule has 13 nitrogen and oxygen atoms in total. The lowest BCUT2D eigenvalue weighted by molar-refractivity contribution is -0.116. The van der Waals surface area contributed by atoms with Crippen LogP contribution < -0.4 is 25.4 Å². The molecule has 440 valence electrons. The highest BCUT2D eigenvalue weighted by Crippen LogP contribution is 2.42. The zero-order valence-electron chi connectivity index (χ0n) is 48.5. The van der Waals surface area contributed by atoms with Gasteiger partial charge in [0.05, 0.1) is 31.6 Å².